The zero-order valence-electron chi connectivity index (χ0n) is 42.9. The van der Waals surface area contributed by atoms with Crippen molar-refractivity contribution in [3.8, 4) is 22.3 Å². The smallest absolute Gasteiger partial charge is 0.194 e. The molecule has 14 heteroatoms. The highest BCUT2D eigenvalue weighted by Gasteiger charge is 2.33. The summed E-state index contributed by atoms with van der Waals surface area (Å²) < 4.78 is 136. The van der Waals surface area contributed by atoms with Gasteiger partial charge in [0.2, 0.25) is 0 Å². The van der Waals surface area contributed by atoms with Gasteiger partial charge in [0.05, 0.1) is 11.1 Å². The Kier molecular flexibility index (Phi) is 28.0. The van der Waals surface area contributed by atoms with Gasteiger partial charge in [-0.3, -0.25) is 0 Å². The molecule has 4 aliphatic carbocycles. The van der Waals surface area contributed by atoms with E-state index in [1.165, 1.54) is 133 Å². The Balaban J connectivity index is 0.000000220. The maximum atomic E-state index is 14.8. The van der Waals surface area contributed by atoms with Gasteiger partial charge in [-0.15, -0.1) is 0 Å². The summed E-state index contributed by atoms with van der Waals surface area (Å²) in [6, 6.07) is 6.71. The molecule has 0 N–H and O–H groups in total. The first-order chi connectivity index (χ1) is 35.6. The van der Waals surface area contributed by atoms with E-state index in [0.717, 1.165) is 66.4 Å². The lowest BCUT2D eigenvalue weighted by Gasteiger charge is -2.38. The molecular formula is C60H74Br2F10I2. The standard InChI is InChI=1S/C30H37F5.C18H33Br.C12H4BrF5.I2/c1-2-3-4-5-19-6-10-22(11-7-19)23-12-8-20(9-13-23)14-21-15-25(31)29(26(32)16-21)24-17-27(33)30(35)28(34)18-24;1-2-3-4-5-15-6-10-17(11-7-15)18-12-8-16(14-19)9-13-18;13-6-3-7(14)11(8(15)4-6)5-1-9(16)12(18)10(17)2-5;1-2/h15-20,22-23H,2-14H2,1H3;15-18H,2-14H2,1H3;1-4H;. The number of rotatable bonds is 15. The number of halogens is 14. The molecule has 0 heterocycles. The van der Waals surface area contributed by atoms with Gasteiger partial charge in [-0.1, -0.05) is 123 Å². The summed E-state index contributed by atoms with van der Waals surface area (Å²) in [6.07, 6.45) is 34.1. The van der Waals surface area contributed by atoms with Gasteiger partial charge >= 0.3 is 0 Å². The highest BCUT2D eigenvalue weighted by Crippen LogP contribution is 2.45. The van der Waals surface area contributed by atoms with Gasteiger partial charge in [0.1, 0.15) is 23.3 Å². The van der Waals surface area contributed by atoms with E-state index >= 15 is 0 Å². The molecule has 74 heavy (non-hydrogen) atoms. The fourth-order valence-electron chi connectivity index (χ4n) is 12.5. The van der Waals surface area contributed by atoms with Crippen molar-refractivity contribution < 1.29 is 43.9 Å². The second-order valence-corrected chi connectivity index (χ2v) is 23.2. The van der Waals surface area contributed by atoms with Crippen LogP contribution in [-0.2, 0) is 6.42 Å². The summed E-state index contributed by atoms with van der Waals surface area (Å²) in [6.45, 7) is 4.58. The van der Waals surface area contributed by atoms with Gasteiger partial charge < -0.3 is 0 Å². The zero-order chi connectivity index (χ0) is 53.9. The van der Waals surface area contributed by atoms with Gasteiger partial charge in [0.25, 0.3) is 0 Å². The Labute approximate surface area is 475 Å². The Morgan fingerprint density at radius 2 is 0.689 bits per heavy atom. The average Bonchev–Trinajstić information content (AvgIpc) is 3.38. The summed E-state index contributed by atoms with van der Waals surface area (Å²) in [5.41, 5.74) is -1.34. The minimum Gasteiger partial charge on any atom is -0.206 e. The number of benzene rings is 4. The van der Waals surface area contributed by atoms with E-state index in [9.17, 15) is 43.9 Å². The molecule has 4 aromatic carbocycles. The van der Waals surface area contributed by atoms with Crippen LogP contribution in [0.3, 0.4) is 0 Å². The number of hydrogen-bond acceptors (Lipinski definition) is 0. The molecule has 4 aromatic rings. The molecular weight excluding hydrogens is 1320 g/mol. The molecule has 0 nitrogen and oxygen atoms in total. The summed E-state index contributed by atoms with van der Waals surface area (Å²) >= 11 is 10.8. The van der Waals surface area contributed by atoms with E-state index in [1.807, 2.05) is 0 Å². The molecule has 0 aliphatic heterocycles. The van der Waals surface area contributed by atoms with Crippen molar-refractivity contribution in [2.24, 2.45) is 47.3 Å². The van der Waals surface area contributed by atoms with Crippen molar-refractivity contribution in [2.45, 2.75) is 174 Å². The predicted octanol–water partition coefficient (Wildman–Crippen LogP) is 22.9. The first kappa shape index (κ1) is 63.4. The SMILES string of the molecule is CCCCCC1CCC(C2CCC(CBr)CC2)CC1.CCCCCC1CCC(C2CCC(Cc3cc(F)c(-c4cc(F)c(F)c(F)c4)c(F)c3)CC2)CC1.Fc1cc(-c2c(F)cc(Br)cc2F)cc(F)c1F.II. The molecule has 0 radical (unpaired) electrons. The molecule has 412 valence electrons. The highest BCUT2D eigenvalue weighted by molar-refractivity contribution is 15.0. The largest absolute Gasteiger partial charge is 0.206 e. The van der Waals surface area contributed by atoms with Crippen LogP contribution in [0.4, 0.5) is 43.9 Å². The summed E-state index contributed by atoms with van der Waals surface area (Å²) in [7, 11) is 0. The van der Waals surface area contributed by atoms with Crippen molar-refractivity contribution in [1.29, 1.82) is 0 Å². The molecule has 4 aliphatic rings. The quantitative estimate of drug-likeness (QED) is 0.0366. The van der Waals surface area contributed by atoms with Crippen LogP contribution in [0, 0.1) is 106 Å². The topological polar surface area (TPSA) is 0 Å². The molecule has 0 atom stereocenters. The van der Waals surface area contributed by atoms with Gasteiger partial charge in [0, 0.05) is 47.0 Å². The van der Waals surface area contributed by atoms with E-state index in [0.29, 0.717) is 42.2 Å². The second-order valence-electron chi connectivity index (χ2n) is 21.7. The molecule has 0 bridgehead atoms. The third-order valence-electron chi connectivity index (χ3n) is 16.7. The minimum atomic E-state index is -1.68. The molecule has 0 unspecified atom stereocenters. The second kappa shape index (κ2) is 32.6. The van der Waals surface area contributed by atoms with E-state index in [-0.39, 0.29) is 10.0 Å². The van der Waals surface area contributed by atoms with Crippen LogP contribution in [0.1, 0.15) is 174 Å². The van der Waals surface area contributed by atoms with Crippen LogP contribution < -0.4 is 0 Å². The Bertz CT molecular complexity index is 2220. The van der Waals surface area contributed by atoms with Gasteiger partial charge in [-0.25, -0.2) is 43.9 Å². The first-order valence-corrected chi connectivity index (χ1v) is 35.4. The van der Waals surface area contributed by atoms with Crippen LogP contribution in [0.25, 0.3) is 22.3 Å². The lowest BCUT2D eigenvalue weighted by Crippen LogP contribution is -2.26. The lowest BCUT2D eigenvalue weighted by atomic mass is 9.68. The first-order valence-electron chi connectivity index (χ1n) is 27.2. The van der Waals surface area contributed by atoms with Gasteiger partial charge in [-0.05, 0) is 196 Å². The average molecular weight is 1400 g/mol. The fourth-order valence-corrected chi connectivity index (χ4v) is 13.6. The van der Waals surface area contributed by atoms with Crippen molar-refractivity contribution in [2.75, 3.05) is 5.33 Å². The van der Waals surface area contributed by atoms with Crippen molar-refractivity contribution in [3.63, 3.8) is 0 Å². The maximum Gasteiger partial charge on any atom is 0.194 e. The maximum absolute atomic E-state index is 14.8. The number of hydrogen-bond donors (Lipinski definition) is 0. The van der Waals surface area contributed by atoms with Gasteiger partial charge in [0.15, 0.2) is 34.9 Å². The normalized spacial score (nSPS) is 23.9. The molecule has 4 fully saturated rings. The Hall–Kier alpha value is -1.40. The fraction of sp³-hybridized carbons (Fsp3) is 0.600. The molecule has 0 amide bonds. The number of unbranched alkanes of at least 4 members (excludes halogenated alkanes) is 4. The summed E-state index contributed by atoms with van der Waals surface area (Å²) in [4.78, 5) is 0. The molecule has 8 rings (SSSR count). The molecule has 0 saturated heterocycles. The predicted molar refractivity (Wildman–Crippen MR) is 307 cm³/mol. The van der Waals surface area contributed by atoms with E-state index in [2.05, 4.69) is 82.9 Å². The minimum absolute atomic E-state index is 0.143. The lowest BCUT2D eigenvalue weighted by molar-refractivity contribution is 0.142. The van der Waals surface area contributed by atoms with Crippen LogP contribution in [0.2, 0.25) is 0 Å². The number of alkyl halides is 1. The van der Waals surface area contributed by atoms with Crippen LogP contribution >= 0.6 is 69.1 Å². The summed E-state index contributed by atoms with van der Waals surface area (Å²) in [5.74, 6) is -5.87. The molecule has 4 saturated carbocycles. The van der Waals surface area contributed by atoms with Gasteiger partial charge in [-0.2, -0.15) is 0 Å². The van der Waals surface area contributed by atoms with Crippen molar-refractivity contribution >= 4 is 69.1 Å². The third kappa shape index (κ3) is 18.9. The molecule has 0 aromatic heterocycles. The van der Waals surface area contributed by atoms with Crippen LogP contribution in [0.5, 0.6) is 0 Å². The van der Waals surface area contributed by atoms with E-state index < -0.39 is 74.9 Å². The van der Waals surface area contributed by atoms with Crippen LogP contribution in [0.15, 0.2) is 53.0 Å². The molecule has 0 spiro atoms. The summed E-state index contributed by atoms with van der Waals surface area (Å²) in [5, 5.41) is 1.24. The van der Waals surface area contributed by atoms with Crippen molar-refractivity contribution in [1.82, 2.24) is 0 Å². The van der Waals surface area contributed by atoms with E-state index in [1.54, 1.807) is 25.7 Å². The van der Waals surface area contributed by atoms with E-state index in [4.69, 9.17) is 0 Å². The Morgan fingerprint density at radius 3 is 1.00 bits per heavy atom. The highest BCUT2D eigenvalue weighted by atomic mass is 128. The van der Waals surface area contributed by atoms with Crippen molar-refractivity contribution in [3.05, 3.63) is 117 Å². The third-order valence-corrected chi connectivity index (χ3v) is 18.1. The zero-order valence-corrected chi connectivity index (χ0v) is 50.4. The Morgan fingerprint density at radius 1 is 0.392 bits per heavy atom. The van der Waals surface area contributed by atoms with Crippen LogP contribution in [-0.4, -0.2) is 5.33 Å². The monoisotopic (exact) mass is 1400 g/mol.